The van der Waals surface area contributed by atoms with Crippen molar-refractivity contribution in [1.82, 2.24) is 0 Å². The summed E-state index contributed by atoms with van der Waals surface area (Å²) in [5.41, 5.74) is 6.02. The van der Waals surface area contributed by atoms with Gasteiger partial charge in [0, 0.05) is 6.42 Å². The van der Waals surface area contributed by atoms with Crippen molar-refractivity contribution in [1.29, 1.82) is 0 Å². The predicted octanol–water partition coefficient (Wildman–Crippen LogP) is 3.94. The highest BCUT2D eigenvalue weighted by Crippen LogP contribution is 2.23. The Kier molecular flexibility index (Phi) is 5.12. The van der Waals surface area contributed by atoms with Crippen LogP contribution in [0.2, 0.25) is 0 Å². The maximum absolute atomic E-state index is 5.38. The van der Waals surface area contributed by atoms with E-state index in [1.165, 1.54) is 22.3 Å². The molecule has 1 rings (SSSR count). The molecule has 0 radical (unpaired) electrons. The highest BCUT2D eigenvalue weighted by molar-refractivity contribution is 5.42. The van der Waals surface area contributed by atoms with Crippen LogP contribution in [0.25, 0.3) is 0 Å². The van der Waals surface area contributed by atoms with Gasteiger partial charge in [0.1, 0.15) is 0 Å². The molecule has 0 atom stereocenters. The minimum Gasteiger partial charge on any atom is -0.120 e. The number of rotatable bonds is 5. The Morgan fingerprint density at radius 3 is 1.94 bits per heavy atom. The van der Waals surface area contributed by atoms with Crippen LogP contribution in [0, 0.1) is 12.3 Å². The van der Waals surface area contributed by atoms with E-state index in [1.54, 1.807) is 0 Å². The van der Waals surface area contributed by atoms with Crippen molar-refractivity contribution in [2.45, 2.75) is 52.9 Å². The van der Waals surface area contributed by atoms with Crippen LogP contribution in [-0.2, 0) is 25.7 Å². The van der Waals surface area contributed by atoms with Crippen LogP contribution in [0.4, 0.5) is 0 Å². The van der Waals surface area contributed by atoms with Gasteiger partial charge in [-0.3, -0.25) is 0 Å². The summed E-state index contributed by atoms with van der Waals surface area (Å²) in [6, 6.07) is 4.57. The summed E-state index contributed by atoms with van der Waals surface area (Å²) < 4.78 is 0. The second kappa shape index (κ2) is 6.38. The molecule has 0 aromatic heterocycles. The Morgan fingerprint density at radius 2 is 1.50 bits per heavy atom. The molecule has 1 aromatic carbocycles. The van der Waals surface area contributed by atoms with E-state index in [0.29, 0.717) is 0 Å². The Hall–Kier alpha value is -1.22. The number of hydrogen-bond acceptors (Lipinski definition) is 0. The topological polar surface area (TPSA) is 0 Å². The summed E-state index contributed by atoms with van der Waals surface area (Å²) in [6.07, 6.45) is 10.6. The van der Waals surface area contributed by atoms with Gasteiger partial charge in [0.25, 0.3) is 0 Å². The van der Waals surface area contributed by atoms with Gasteiger partial charge in [-0.05, 0) is 47.9 Å². The van der Waals surface area contributed by atoms with Crippen LogP contribution in [0.5, 0.6) is 0 Å². The minimum atomic E-state index is 0.854. The molecule has 0 heterocycles. The van der Waals surface area contributed by atoms with E-state index in [0.717, 1.165) is 32.1 Å². The molecule has 0 bridgehead atoms. The number of aryl methyl sites for hydroxylation is 2. The molecule has 0 aliphatic rings. The molecule has 0 aliphatic heterocycles. The molecule has 0 heteroatoms. The number of benzene rings is 1. The second-order valence-electron chi connectivity index (χ2n) is 4.11. The molecule has 16 heavy (non-hydrogen) atoms. The highest BCUT2D eigenvalue weighted by atomic mass is 14.1. The van der Waals surface area contributed by atoms with Crippen molar-refractivity contribution < 1.29 is 0 Å². The summed E-state index contributed by atoms with van der Waals surface area (Å²) in [5.74, 6) is 2.76. The smallest absolute Gasteiger partial charge is 0.0127 e. The summed E-state index contributed by atoms with van der Waals surface area (Å²) in [5, 5.41) is 0. The minimum absolute atomic E-state index is 0.854. The zero-order chi connectivity index (χ0) is 12.0. The Bertz CT molecular complexity index is 380. The Labute approximate surface area is 100 Å². The third-order valence-corrected chi connectivity index (χ3v) is 3.26. The van der Waals surface area contributed by atoms with E-state index in [-0.39, 0.29) is 0 Å². The molecule has 0 saturated heterocycles. The number of terminal acetylenes is 1. The lowest BCUT2D eigenvalue weighted by Crippen LogP contribution is -2.03. The quantitative estimate of drug-likeness (QED) is 0.651. The van der Waals surface area contributed by atoms with Crippen LogP contribution in [-0.4, -0.2) is 0 Å². The molecule has 0 N–H and O–H groups in total. The van der Waals surface area contributed by atoms with Gasteiger partial charge >= 0.3 is 0 Å². The van der Waals surface area contributed by atoms with E-state index >= 15 is 0 Å². The van der Waals surface area contributed by atoms with E-state index in [1.807, 2.05) is 0 Å². The molecule has 1 aromatic rings. The standard InChI is InChI=1S/C16H22/c1-5-9-10-16-14(7-3)12-11-13(6-2)15(16)8-4/h1,11-12H,6-10H2,2-4H3. The van der Waals surface area contributed by atoms with E-state index in [4.69, 9.17) is 6.42 Å². The van der Waals surface area contributed by atoms with E-state index in [9.17, 15) is 0 Å². The third-order valence-electron chi connectivity index (χ3n) is 3.26. The number of hydrogen-bond donors (Lipinski definition) is 0. The molecule has 0 aliphatic carbocycles. The van der Waals surface area contributed by atoms with Crippen LogP contribution in [0.1, 0.15) is 49.4 Å². The molecular formula is C16H22. The molecule has 0 unspecified atom stereocenters. The zero-order valence-electron chi connectivity index (χ0n) is 10.8. The van der Waals surface area contributed by atoms with Gasteiger partial charge in [0.2, 0.25) is 0 Å². The van der Waals surface area contributed by atoms with Crippen LogP contribution in [0.15, 0.2) is 12.1 Å². The first-order chi connectivity index (χ1) is 7.78. The monoisotopic (exact) mass is 214 g/mol. The molecule has 0 spiro atoms. The van der Waals surface area contributed by atoms with Gasteiger partial charge in [-0.15, -0.1) is 12.3 Å². The highest BCUT2D eigenvalue weighted by Gasteiger charge is 2.09. The van der Waals surface area contributed by atoms with Crippen LogP contribution in [0.3, 0.4) is 0 Å². The fraction of sp³-hybridized carbons (Fsp3) is 0.500. The predicted molar refractivity (Wildman–Crippen MR) is 71.7 cm³/mol. The normalized spacial score (nSPS) is 10.1. The first kappa shape index (κ1) is 12.8. The van der Waals surface area contributed by atoms with Gasteiger partial charge < -0.3 is 0 Å². The largest absolute Gasteiger partial charge is 0.120 e. The van der Waals surface area contributed by atoms with Gasteiger partial charge in [0.05, 0.1) is 0 Å². The fourth-order valence-corrected chi connectivity index (χ4v) is 2.40. The lowest BCUT2D eigenvalue weighted by Gasteiger charge is -2.16. The summed E-state index contributed by atoms with van der Waals surface area (Å²) in [6.45, 7) is 6.69. The zero-order valence-corrected chi connectivity index (χ0v) is 10.8. The van der Waals surface area contributed by atoms with Crippen LogP contribution < -0.4 is 0 Å². The van der Waals surface area contributed by atoms with Crippen LogP contribution >= 0.6 is 0 Å². The first-order valence-corrected chi connectivity index (χ1v) is 6.34. The second-order valence-corrected chi connectivity index (χ2v) is 4.11. The van der Waals surface area contributed by atoms with Gasteiger partial charge in [-0.2, -0.15) is 0 Å². The lowest BCUT2D eigenvalue weighted by atomic mass is 9.89. The lowest BCUT2D eigenvalue weighted by molar-refractivity contribution is 0.914. The maximum atomic E-state index is 5.38. The Balaban J connectivity index is 3.20. The first-order valence-electron chi connectivity index (χ1n) is 6.34. The third kappa shape index (κ3) is 2.67. The fourth-order valence-electron chi connectivity index (χ4n) is 2.40. The van der Waals surface area contributed by atoms with Crippen molar-refractivity contribution in [2.75, 3.05) is 0 Å². The van der Waals surface area contributed by atoms with Gasteiger partial charge in [-0.1, -0.05) is 32.9 Å². The molecule has 86 valence electrons. The average molecular weight is 214 g/mol. The molecular weight excluding hydrogens is 192 g/mol. The average Bonchev–Trinajstić information content (AvgIpc) is 2.34. The van der Waals surface area contributed by atoms with Crippen molar-refractivity contribution >= 4 is 0 Å². The van der Waals surface area contributed by atoms with Crippen molar-refractivity contribution in [3.8, 4) is 12.3 Å². The van der Waals surface area contributed by atoms with E-state index < -0.39 is 0 Å². The summed E-state index contributed by atoms with van der Waals surface area (Å²) in [4.78, 5) is 0. The van der Waals surface area contributed by atoms with Crippen molar-refractivity contribution in [3.05, 3.63) is 34.4 Å². The summed E-state index contributed by atoms with van der Waals surface area (Å²) in [7, 11) is 0. The van der Waals surface area contributed by atoms with Crippen molar-refractivity contribution in [3.63, 3.8) is 0 Å². The van der Waals surface area contributed by atoms with Crippen molar-refractivity contribution in [2.24, 2.45) is 0 Å². The Morgan fingerprint density at radius 1 is 0.938 bits per heavy atom. The summed E-state index contributed by atoms with van der Waals surface area (Å²) >= 11 is 0. The van der Waals surface area contributed by atoms with Gasteiger partial charge in [-0.25, -0.2) is 0 Å². The van der Waals surface area contributed by atoms with Gasteiger partial charge in [0.15, 0.2) is 0 Å². The molecule has 0 saturated carbocycles. The van der Waals surface area contributed by atoms with E-state index in [2.05, 4.69) is 38.8 Å². The molecule has 0 amide bonds. The molecule has 0 fully saturated rings. The SMILES string of the molecule is C#CCCc1c(CC)ccc(CC)c1CC. The maximum Gasteiger partial charge on any atom is 0.0127 e. The molecule has 0 nitrogen and oxygen atoms in total.